The maximum atomic E-state index is 13.1. The zero-order chi connectivity index (χ0) is 20.5. The second-order valence-corrected chi connectivity index (χ2v) is 8.81. The Labute approximate surface area is 166 Å². The molecule has 0 amide bonds. The predicted octanol–water partition coefficient (Wildman–Crippen LogP) is 3.31. The van der Waals surface area contributed by atoms with Crippen molar-refractivity contribution < 1.29 is 22.3 Å². The summed E-state index contributed by atoms with van der Waals surface area (Å²) in [6, 6.07) is 8.26. The molecule has 1 aromatic heterocycles. The molecule has 148 valence electrons. The number of ether oxygens (including phenoxy) is 1. The number of hydrogen-bond donors (Lipinski definition) is 0. The number of rotatable bonds is 5. The predicted molar refractivity (Wildman–Crippen MR) is 105 cm³/mol. The van der Waals surface area contributed by atoms with Crippen LogP contribution in [0.2, 0.25) is 0 Å². The van der Waals surface area contributed by atoms with E-state index in [9.17, 15) is 17.6 Å². The van der Waals surface area contributed by atoms with E-state index < -0.39 is 21.8 Å². The van der Waals surface area contributed by atoms with Crippen LogP contribution in [0.25, 0.3) is 10.2 Å². The second-order valence-electron chi connectivity index (χ2n) is 6.20. The maximum Gasteiger partial charge on any atom is 0.326 e. The van der Waals surface area contributed by atoms with Gasteiger partial charge in [-0.1, -0.05) is 11.3 Å². The van der Waals surface area contributed by atoms with Gasteiger partial charge in [-0.2, -0.15) is 8.42 Å². The number of hydrogen-bond acceptors (Lipinski definition) is 5. The number of aromatic nitrogens is 1. The number of nitrogens with zero attached hydrogens (tertiary/aromatic N) is 2. The van der Waals surface area contributed by atoms with Crippen LogP contribution in [0.5, 0.6) is 0 Å². The highest BCUT2D eigenvalue weighted by atomic mass is 32.2. The number of benzene rings is 2. The molecule has 0 aliphatic rings. The number of aryl methyl sites for hydroxylation is 2. The first-order valence-corrected chi connectivity index (χ1v) is 10.8. The molecule has 3 rings (SSSR count). The first-order valence-electron chi connectivity index (χ1n) is 8.54. The molecule has 0 saturated heterocycles. The maximum absolute atomic E-state index is 13.1. The lowest BCUT2D eigenvalue weighted by Gasteiger charge is -2.07. The van der Waals surface area contributed by atoms with Gasteiger partial charge in [-0.15, -0.1) is 4.40 Å². The zero-order valence-corrected chi connectivity index (χ0v) is 17.2. The number of thiazole rings is 1. The van der Waals surface area contributed by atoms with Gasteiger partial charge in [0.05, 0.1) is 21.7 Å². The molecular weight excluding hydrogens is 403 g/mol. The third kappa shape index (κ3) is 4.15. The van der Waals surface area contributed by atoms with E-state index in [2.05, 4.69) is 4.40 Å². The van der Waals surface area contributed by atoms with Crippen LogP contribution in [0, 0.1) is 19.7 Å². The van der Waals surface area contributed by atoms with E-state index in [1.54, 1.807) is 6.92 Å². The lowest BCUT2D eigenvalue weighted by Crippen LogP contribution is -2.23. The van der Waals surface area contributed by atoms with Crippen LogP contribution in [0.15, 0.2) is 45.7 Å². The summed E-state index contributed by atoms with van der Waals surface area (Å²) in [6.45, 7) is 5.66. The number of halogens is 1. The molecule has 0 fully saturated rings. The van der Waals surface area contributed by atoms with Crippen LogP contribution in [0.4, 0.5) is 4.39 Å². The van der Waals surface area contributed by atoms with Crippen molar-refractivity contribution in [1.82, 2.24) is 4.57 Å². The lowest BCUT2D eigenvalue weighted by atomic mass is 10.1. The summed E-state index contributed by atoms with van der Waals surface area (Å²) in [5, 5.41) is 0. The minimum Gasteiger partial charge on any atom is -0.465 e. The van der Waals surface area contributed by atoms with Crippen molar-refractivity contribution in [3.8, 4) is 0 Å². The van der Waals surface area contributed by atoms with Crippen molar-refractivity contribution >= 4 is 37.5 Å². The Morgan fingerprint density at radius 3 is 2.46 bits per heavy atom. The number of carbonyl (C=O) groups excluding carboxylic acids is 1. The minimum atomic E-state index is -4.07. The summed E-state index contributed by atoms with van der Waals surface area (Å²) in [7, 11) is -4.07. The number of fused-ring (bicyclic) bond motifs is 1. The van der Waals surface area contributed by atoms with Crippen molar-refractivity contribution in [3.63, 3.8) is 0 Å². The van der Waals surface area contributed by atoms with Crippen LogP contribution < -0.4 is 4.80 Å². The Morgan fingerprint density at radius 2 is 1.82 bits per heavy atom. The molecule has 0 radical (unpaired) electrons. The summed E-state index contributed by atoms with van der Waals surface area (Å²) < 4.78 is 49.7. The SMILES string of the molecule is CCOC(=O)Cn1/c(=N/S(=O)(=O)c2ccc(F)cc2)sc2cc(C)c(C)cc21. The number of carbonyl (C=O) groups is 1. The second kappa shape index (κ2) is 7.84. The molecular formula is C19H19FN2O4S2. The van der Waals surface area contributed by atoms with Crippen molar-refractivity contribution in [2.45, 2.75) is 32.2 Å². The highest BCUT2D eigenvalue weighted by Gasteiger charge is 2.17. The third-order valence-electron chi connectivity index (χ3n) is 4.20. The Morgan fingerprint density at radius 1 is 1.18 bits per heavy atom. The topological polar surface area (TPSA) is 77.7 Å². The van der Waals surface area contributed by atoms with Gasteiger partial charge in [0, 0.05) is 0 Å². The number of esters is 1. The van der Waals surface area contributed by atoms with E-state index in [0.29, 0.717) is 5.52 Å². The summed E-state index contributed by atoms with van der Waals surface area (Å²) in [4.78, 5) is 12.1. The van der Waals surface area contributed by atoms with Gasteiger partial charge >= 0.3 is 5.97 Å². The Hall–Kier alpha value is -2.52. The largest absolute Gasteiger partial charge is 0.465 e. The van der Waals surface area contributed by atoms with Gasteiger partial charge in [-0.3, -0.25) is 4.79 Å². The first-order chi connectivity index (χ1) is 13.2. The number of sulfonamides is 1. The molecule has 0 N–H and O–H groups in total. The van der Waals surface area contributed by atoms with Gasteiger partial charge in [-0.25, -0.2) is 4.39 Å². The molecule has 0 spiro atoms. The quantitative estimate of drug-likeness (QED) is 0.591. The Kier molecular flexibility index (Phi) is 5.66. The van der Waals surface area contributed by atoms with Crippen LogP contribution >= 0.6 is 11.3 Å². The fourth-order valence-electron chi connectivity index (χ4n) is 2.64. The van der Waals surface area contributed by atoms with Crippen molar-refractivity contribution in [2.75, 3.05) is 6.61 Å². The summed E-state index contributed by atoms with van der Waals surface area (Å²) in [5.41, 5.74) is 2.76. The molecule has 3 aromatic rings. The van der Waals surface area contributed by atoms with E-state index in [-0.39, 0.29) is 22.8 Å². The van der Waals surface area contributed by atoms with E-state index in [4.69, 9.17) is 4.74 Å². The van der Waals surface area contributed by atoms with Crippen molar-refractivity contribution in [1.29, 1.82) is 0 Å². The molecule has 0 aliphatic carbocycles. The first kappa shape index (κ1) is 20.2. The lowest BCUT2D eigenvalue weighted by molar-refractivity contribution is -0.143. The molecule has 0 bridgehead atoms. The van der Waals surface area contributed by atoms with E-state index in [0.717, 1.165) is 40.1 Å². The highest BCUT2D eigenvalue weighted by Crippen LogP contribution is 2.23. The third-order valence-corrected chi connectivity index (χ3v) is 6.64. The molecule has 0 aliphatic heterocycles. The van der Waals surface area contributed by atoms with Crippen LogP contribution in [0.3, 0.4) is 0 Å². The van der Waals surface area contributed by atoms with Gasteiger partial charge in [0.2, 0.25) is 4.80 Å². The van der Waals surface area contributed by atoms with Crippen LogP contribution in [-0.4, -0.2) is 25.6 Å². The molecule has 0 unspecified atom stereocenters. The molecule has 9 heteroatoms. The summed E-state index contributed by atoms with van der Waals surface area (Å²) in [5.74, 6) is -1.02. The fourth-order valence-corrected chi connectivity index (χ4v) is 4.95. The Balaban J connectivity index is 2.22. The summed E-state index contributed by atoms with van der Waals surface area (Å²) in [6.07, 6.45) is 0. The smallest absolute Gasteiger partial charge is 0.326 e. The van der Waals surface area contributed by atoms with Gasteiger partial charge < -0.3 is 9.30 Å². The van der Waals surface area contributed by atoms with Crippen molar-refractivity contribution in [3.05, 3.63) is 58.1 Å². The average Bonchev–Trinajstić information content (AvgIpc) is 2.92. The van der Waals surface area contributed by atoms with Crippen LogP contribution in [0.1, 0.15) is 18.1 Å². The fraction of sp³-hybridized carbons (Fsp3) is 0.263. The monoisotopic (exact) mass is 422 g/mol. The summed E-state index contributed by atoms with van der Waals surface area (Å²) >= 11 is 1.17. The molecule has 0 saturated carbocycles. The van der Waals surface area contributed by atoms with E-state index >= 15 is 0 Å². The van der Waals surface area contributed by atoms with Gasteiger partial charge in [0.15, 0.2) is 0 Å². The normalized spacial score (nSPS) is 12.5. The zero-order valence-electron chi connectivity index (χ0n) is 15.6. The van der Waals surface area contributed by atoms with Crippen LogP contribution in [-0.2, 0) is 26.1 Å². The standard InChI is InChI=1S/C19H19FN2O4S2/c1-4-26-18(23)11-22-16-9-12(2)13(3)10-17(16)27-19(22)21-28(24,25)15-7-5-14(20)6-8-15/h5-10H,4,11H2,1-3H3/b21-19-. The minimum absolute atomic E-state index is 0.124. The van der Waals surface area contributed by atoms with Gasteiger partial charge in [0.1, 0.15) is 12.4 Å². The van der Waals surface area contributed by atoms with Crippen molar-refractivity contribution in [2.24, 2.45) is 4.40 Å². The highest BCUT2D eigenvalue weighted by molar-refractivity contribution is 7.90. The molecule has 2 aromatic carbocycles. The molecule has 6 nitrogen and oxygen atoms in total. The molecule has 28 heavy (non-hydrogen) atoms. The van der Waals surface area contributed by atoms with Gasteiger partial charge in [-0.05, 0) is 68.3 Å². The van der Waals surface area contributed by atoms with E-state index in [1.165, 1.54) is 15.9 Å². The molecule has 1 heterocycles. The Bertz CT molecular complexity index is 1210. The molecule has 0 atom stereocenters. The average molecular weight is 423 g/mol. The van der Waals surface area contributed by atoms with E-state index in [1.807, 2.05) is 26.0 Å². The van der Waals surface area contributed by atoms with Gasteiger partial charge in [0.25, 0.3) is 10.0 Å².